The van der Waals surface area contributed by atoms with Crippen LogP contribution in [0.15, 0.2) is 24.3 Å². The number of ether oxygens (including phenoxy) is 1. The molecule has 0 aromatic heterocycles. The fourth-order valence-corrected chi connectivity index (χ4v) is 1.90. The minimum Gasteiger partial charge on any atom is -0.375 e. The van der Waals surface area contributed by atoms with Crippen molar-refractivity contribution in [2.75, 3.05) is 24.7 Å². The lowest BCUT2D eigenvalue weighted by Gasteiger charge is -2.22. The van der Waals surface area contributed by atoms with E-state index in [0.29, 0.717) is 13.1 Å². The fourth-order valence-electron chi connectivity index (χ4n) is 1.90. The molecule has 0 unspecified atom stereocenters. The molecule has 6 heteroatoms. The molecule has 0 aliphatic rings. The van der Waals surface area contributed by atoms with Gasteiger partial charge in [0.1, 0.15) is 6.61 Å². The number of amides is 1. The van der Waals surface area contributed by atoms with E-state index in [0.717, 1.165) is 17.7 Å². The molecule has 0 heterocycles. The van der Waals surface area contributed by atoms with E-state index in [2.05, 4.69) is 0 Å². The zero-order valence-corrected chi connectivity index (χ0v) is 12.2. The first-order valence-corrected chi connectivity index (χ1v) is 7.03. The molecule has 0 radical (unpaired) electrons. The average Bonchev–Trinajstić information content (AvgIpc) is 2.49. The van der Waals surface area contributed by atoms with Crippen molar-refractivity contribution in [3.8, 4) is 0 Å². The summed E-state index contributed by atoms with van der Waals surface area (Å²) in [6.45, 7) is 2.37. The summed E-state index contributed by atoms with van der Waals surface area (Å²) in [4.78, 5) is 13.8. The number of hydrogen-bond acceptors (Lipinski definition) is 3. The van der Waals surface area contributed by atoms with Gasteiger partial charge in [0.15, 0.2) is 0 Å². The molecule has 0 saturated heterocycles. The van der Waals surface area contributed by atoms with Gasteiger partial charge >= 0.3 is 0 Å². The normalized spacial score (nSPS) is 10.9. The van der Waals surface area contributed by atoms with Crippen LogP contribution in [0.4, 0.5) is 14.5 Å². The maximum Gasteiger partial charge on any atom is 0.261 e. The molecule has 0 bridgehead atoms. The van der Waals surface area contributed by atoms with Gasteiger partial charge in [-0.05, 0) is 24.1 Å². The van der Waals surface area contributed by atoms with Crippen LogP contribution in [0.5, 0.6) is 0 Å². The van der Waals surface area contributed by atoms with Crippen molar-refractivity contribution in [1.82, 2.24) is 0 Å². The maximum absolute atomic E-state index is 12.2. The van der Waals surface area contributed by atoms with Gasteiger partial charge in [0.05, 0.1) is 13.0 Å². The number of rotatable bonds is 9. The number of benzene rings is 1. The number of halogens is 2. The molecule has 1 amide bonds. The highest BCUT2D eigenvalue weighted by atomic mass is 19.3. The number of carbonyl (C=O) groups is 1. The van der Waals surface area contributed by atoms with Gasteiger partial charge < -0.3 is 15.4 Å². The van der Waals surface area contributed by atoms with Crippen LogP contribution in [0.25, 0.3) is 0 Å². The second-order valence-electron chi connectivity index (χ2n) is 4.63. The van der Waals surface area contributed by atoms with E-state index in [4.69, 9.17) is 10.5 Å². The van der Waals surface area contributed by atoms with Gasteiger partial charge in [0, 0.05) is 18.8 Å². The van der Waals surface area contributed by atoms with Crippen molar-refractivity contribution in [3.05, 3.63) is 29.8 Å². The Morgan fingerprint density at radius 2 is 2.00 bits per heavy atom. The van der Waals surface area contributed by atoms with Gasteiger partial charge in [-0.15, -0.1) is 0 Å². The summed E-state index contributed by atoms with van der Waals surface area (Å²) < 4.78 is 28.6. The minimum absolute atomic E-state index is 0.00424. The molecule has 1 aromatic rings. The van der Waals surface area contributed by atoms with Gasteiger partial charge in [-0.1, -0.05) is 19.1 Å². The lowest BCUT2D eigenvalue weighted by Crippen LogP contribution is -2.32. The molecule has 0 spiro atoms. The highest BCUT2D eigenvalue weighted by Crippen LogP contribution is 2.17. The monoisotopic (exact) mass is 300 g/mol. The molecule has 0 fully saturated rings. The van der Waals surface area contributed by atoms with Crippen molar-refractivity contribution >= 4 is 11.6 Å². The zero-order valence-electron chi connectivity index (χ0n) is 12.2. The highest BCUT2D eigenvalue weighted by Gasteiger charge is 2.15. The second-order valence-corrected chi connectivity index (χ2v) is 4.63. The topological polar surface area (TPSA) is 55.6 Å². The Morgan fingerprint density at radius 3 is 2.52 bits per heavy atom. The summed E-state index contributed by atoms with van der Waals surface area (Å²) in [6.07, 6.45) is -1.61. The molecule has 0 saturated carbocycles. The van der Waals surface area contributed by atoms with Crippen LogP contribution in [-0.4, -0.2) is 32.1 Å². The van der Waals surface area contributed by atoms with Gasteiger partial charge in [-0.2, -0.15) is 0 Å². The number of nitrogens with two attached hydrogens (primary N) is 1. The van der Waals surface area contributed by atoms with Crippen molar-refractivity contribution in [1.29, 1.82) is 0 Å². The molecule has 0 aliphatic carbocycles. The predicted octanol–water partition coefficient (Wildman–Crippen LogP) is 2.56. The van der Waals surface area contributed by atoms with Crippen LogP contribution in [0.1, 0.15) is 25.3 Å². The van der Waals surface area contributed by atoms with Gasteiger partial charge in [-0.3, -0.25) is 4.79 Å². The lowest BCUT2D eigenvalue weighted by molar-refractivity contribution is -0.120. The number of anilines is 1. The zero-order chi connectivity index (χ0) is 15.7. The number of hydrogen-bond donors (Lipinski definition) is 1. The second kappa shape index (κ2) is 9.41. The van der Waals surface area contributed by atoms with Crippen molar-refractivity contribution in [2.24, 2.45) is 5.73 Å². The average molecular weight is 300 g/mol. The van der Waals surface area contributed by atoms with Crippen LogP contribution in [0.3, 0.4) is 0 Å². The lowest BCUT2D eigenvalue weighted by atomic mass is 10.2. The Morgan fingerprint density at radius 1 is 1.33 bits per heavy atom. The highest BCUT2D eigenvalue weighted by molar-refractivity contribution is 5.93. The SMILES string of the molecule is CCCN(C(=O)CCOCC(F)F)c1ccc(CN)cc1. The van der Waals surface area contributed by atoms with E-state index in [-0.39, 0.29) is 18.9 Å². The maximum atomic E-state index is 12.2. The quantitative estimate of drug-likeness (QED) is 0.713. The predicted molar refractivity (Wildman–Crippen MR) is 78.4 cm³/mol. The van der Waals surface area contributed by atoms with Gasteiger partial charge in [0.2, 0.25) is 5.91 Å². The largest absolute Gasteiger partial charge is 0.375 e. The first-order valence-electron chi connectivity index (χ1n) is 7.03. The standard InChI is InChI=1S/C15H22F2N2O2/c1-2-8-19(13-5-3-12(10-18)4-6-13)15(20)7-9-21-11-14(16)17/h3-6,14H,2,7-11,18H2,1H3. The third kappa shape index (κ3) is 6.18. The number of nitrogens with zero attached hydrogens (tertiary/aromatic N) is 1. The molecular weight excluding hydrogens is 278 g/mol. The molecule has 2 N–H and O–H groups in total. The fraction of sp³-hybridized carbons (Fsp3) is 0.533. The minimum atomic E-state index is -2.50. The Balaban J connectivity index is 2.60. The molecule has 1 rings (SSSR count). The van der Waals surface area contributed by atoms with Crippen molar-refractivity contribution in [2.45, 2.75) is 32.7 Å². The summed E-state index contributed by atoms with van der Waals surface area (Å²) >= 11 is 0. The number of carbonyl (C=O) groups excluding carboxylic acids is 1. The molecule has 4 nitrogen and oxygen atoms in total. The summed E-state index contributed by atoms with van der Waals surface area (Å²) in [5.41, 5.74) is 7.32. The Bertz CT molecular complexity index is 424. The molecule has 0 aliphatic heterocycles. The first-order chi connectivity index (χ1) is 10.1. The Kier molecular flexibility index (Phi) is 7.85. The molecule has 0 atom stereocenters. The molecule has 21 heavy (non-hydrogen) atoms. The van der Waals surface area contributed by atoms with Crippen LogP contribution >= 0.6 is 0 Å². The molecule has 118 valence electrons. The third-order valence-electron chi connectivity index (χ3n) is 2.94. The van der Waals surface area contributed by atoms with Crippen LogP contribution in [0, 0.1) is 0 Å². The summed E-state index contributed by atoms with van der Waals surface area (Å²) in [6, 6.07) is 7.43. The van der Waals surface area contributed by atoms with E-state index in [1.807, 2.05) is 31.2 Å². The Hall–Kier alpha value is -1.53. The summed E-state index contributed by atoms with van der Waals surface area (Å²) in [5, 5.41) is 0. The van der Waals surface area contributed by atoms with E-state index >= 15 is 0 Å². The van der Waals surface area contributed by atoms with E-state index < -0.39 is 13.0 Å². The van der Waals surface area contributed by atoms with Gasteiger partial charge in [0.25, 0.3) is 6.43 Å². The number of alkyl halides is 2. The van der Waals surface area contributed by atoms with E-state index in [1.165, 1.54) is 0 Å². The van der Waals surface area contributed by atoms with Crippen LogP contribution in [0.2, 0.25) is 0 Å². The van der Waals surface area contributed by atoms with E-state index in [9.17, 15) is 13.6 Å². The van der Waals surface area contributed by atoms with Crippen LogP contribution < -0.4 is 10.6 Å². The van der Waals surface area contributed by atoms with Crippen molar-refractivity contribution in [3.63, 3.8) is 0 Å². The van der Waals surface area contributed by atoms with Crippen LogP contribution in [-0.2, 0) is 16.1 Å². The van der Waals surface area contributed by atoms with Gasteiger partial charge in [-0.25, -0.2) is 8.78 Å². The summed E-state index contributed by atoms with van der Waals surface area (Å²) in [5.74, 6) is -0.133. The smallest absolute Gasteiger partial charge is 0.261 e. The summed E-state index contributed by atoms with van der Waals surface area (Å²) in [7, 11) is 0. The third-order valence-corrected chi connectivity index (χ3v) is 2.94. The Labute approximate surface area is 123 Å². The van der Waals surface area contributed by atoms with Crippen molar-refractivity contribution < 1.29 is 18.3 Å². The molecular formula is C15H22F2N2O2. The van der Waals surface area contributed by atoms with E-state index in [1.54, 1.807) is 4.90 Å². The first kappa shape index (κ1) is 17.5. The molecule has 1 aromatic carbocycles.